The summed E-state index contributed by atoms with van der Waals surface area (Å²) in [5, 5.41) is 3.98. The Morgan fingerprint density at radius 1 is 1.41 bits per heavy atom. The highest BCUT2D eigenvalue weighted by molar-refractivity contribution is 5.30. The highest BCUT2D eigenvalue weighted by Crippen LogP contribution is 2.23. The number of aromatic nitrogens is 2. The lowest BCUT2D eigenvalue weighted by atomic mass is 10.0. The Labute approximate surface area is 97.0 Å². The van der Waals surface area contributed by atoms with Crippen LogP contribution in [0.4, 0.5) is 8.78 Å². The summed E-state index contributed by atoms with van der Waals surface area (Å²) in [6.45, 7) is 0. The van der Waals surface area contributed by atoms with Gasteiger partial charge in [-0.05, 0) is 6.07 Å². The minimum Gasteiger partial charge on any atom is -0.275 e. The summed E-state index contributed by atoms with van der Waals surface area (Å²) in [7, 11) is 1.75. The van der Waals surface area contributed by atoms with Crippen molar-refractivity contribution < 1.29 is 8.78 Å². The van der Waals surface area contributed by atoms with E-state index in [9.17, 15) is 8.78 Å². The third-order valence-corrected chi connectivity index (χ3v) is 2.50. The van der Waals surface area contributed by atoms with Gasteiger partial charge in [-0.1, -0.05) is 6.07 Å². The Morgan fingerprint density at radius 2 is 2.18 bits per heavy atom. The molecule has 0 bridgehead atoms. The second kappa shape index (κ2) is 4.60. The largest absolute Gasteiger partial charge is 0.275 e. The van der Waals surface area contributed by atoms with Gasteiger partial charge in [-0.2, -0.15) is 5.10 Å². The predicted molar refractivity (Wildman–Crippen MR) is 58.7 cm³/mol. The Balaban J connectivity index is 2.42. The number of nitrogens with zero attached hydrogens (tertiary/aromatic N) is 2. The molecule has 6 heteroatoms. The van der Waals surface area contributed by atoms with Crippen molar-refractivity contribution in [3.8, 4) is 0 Å². The van der Waals surface area contributed by atoms with E-state index in [1.54, 1.807) is 24.1 Å². The monoisotopic (exact) mass is 238 g/mol. The molecule has 1 aromatic carbocycles. The highest BCUT2D eigenvalue weighted by Gasteiger charge is 2.18. The van der Waals surface area contributed by atoms with E-state index in [1.807, 2.05) is 0 Å². The van der Waals surface area contributed by atoms with Gasteiger partial charge in [-0.3, -0.25) is 10.5 Å². The number of rotatable bonds is 3. The molecule has 2 aromatic rings. The fourth-order valence-electron chi connectivity index (χ4n) is 1.69. The van der Waals surface area contributed by atoms with E-state index >= 15 is 0 Å². The van der Waals surface area contributed by atoms with E-state index in [0.717, 1.165) is 6.07 Å². The Morgan fingerprint density at radius 3 is 2.71 bits per heavy atom. The van der Waals surface area contributed by atoms with Crippen molar-refractivity contribution >= 4 is 0 Å². The third-order valence-electron chi connectivity index (χ3n) is 2.50. The number of hydrogen-bond donors (Lipinski definition) is 2. The van der Waals surface area contributed by atoms with Crippen LogP contribution in [-0.2, 0) is 7.05 Å². The summed E-state index contributed by atoms with van der Waals surface area (Å²) in [6.07, 6.45) is 3.29. The Kier molecular flexibility index (Phi) is 3.16. The number of hydrazine groups is 1. The summed E-state index contributed by atoms with van der Waals surface area (Å²) in [4.78, 5) is 0. The molecule has 0 saturated heterocycles. The van der Waals surface area contributed by atoms with Crippen LogP contribution in [0.1, 0.15) is 17.2 Å². The van der Waals surface area contributed by atoms with Crippen LogP contribution in [0, 0.1) is 11.6 Å². The maximum Gasteiger partial charge on any atom is 0.131 e. The van der Waals surface area contributed by atoms with Gasteiger partial charge in [0.1, 0.15) is 11.6 Å². The fraction of sp³-hybridized carbons (Fsp3) is 0.182. The quantitative estimate of drug-likeness (QED) is 0.625. The summed E-state index contributed by atoms with van der Waals surface area (Å²) in [5.41, 5.74) is 3.48. The van der Waals surface area contributed by atoms with Gasteiger partial charge in [-0.25, -0.2) is 14.2 Å². The van der Waals surface area contributed by atoms with Crippen molar-refractivity contribution in [1.29, 1.82) is 0 Å². The molecule has 0 aliphatic heterocycles. The molecular formula is C11H12F2N4. The minimum atomic E-state index is -0.642. The van der Waals surface area contributed by atoms with E-state index in [2.05, 4.69) is 10.5 Å². The molecule has 90 valence electrons. The Bertz CT molecular complexity index is 524. The van der Waals surface area contributed by atoms with Crippen molar-refractivity contribution in [2.75, 3.05) is 0 Å². The number of benzene rings is 1. The molecule has 2 rings (SSSR count). The van der Waals surface area contributed by atoms with Gasteiger partial charge < -0.3 is 0 Å². The van der Waals surface area contributed by atoms with E-state index in [-0.39, 0.29) is 5.56 Å². The summed E-state index contributed by atoms with van der Waals surface area (Å²) in [5.74, 6) is 4.15. The van der Waals surface area contributed by atoms with E-state index in [1.165, 1.54) is 12.1 Å². The zero-order chi connectivity index (χ0) is 12.4. The maximum absolute atomic E-state index is 13.6. The van der Waals surface area contributed by atoms with Gasteiger partial charge in [-0.15, -0.1) is 0 Å². The highest BCUT2D eigenvalue weighted by atomic mass is 19.1. The summed E-state index contributed by atoms with van der Waals surface area (Å²) < 4.78 is 28.0. The van der Waals surface area contributed by atoms with Crippen LogP contribution in [0.5, 0.6) is 0 Å². The number of nitrogens with two attached hydrogens (primary N) is 1. The summed E-state index contributed by atoms with van der Waals surface area (Å²) >= 11 is 0. The molecule has 0 radical (unpaired) electrons. The van der Waals surface area contributed by atoms with Crippen LogP contribution in [0.25, 0.3) is 0 Å². The van der Waals surface area contributed by atoms with Crippen LogP contribution >= 0.6 is 0 Å². The molecular weight excluding hydrogens is 226 g/mol. The number of aryl methyl sites for hydroxylation is 1. The van der Waals surface area contributed by atoms with E-state index < -0.39 is 17.7 Å². The molecule has 0 amide bonds. The number of nitrogens with one attached hydrogen (secondary N) is 1. The third kappa shape index (κ3) is 2.32. The molecule has 0 spiro atoms. The normalized spacial score (nSPS) is 12.7. The second-order valence-electron chi connectivity index (χ2n) is 3.71. The summed E-state index contributed by atoms with van der Waals surface area (Å²) in [6, 6.07) is 2.83. The van der Waals surface area contributed by atoms with Gasteiger partial charge in [0.15, 0.2) is 0 Å². The molecule has 17 heavy (non-hydrogen) atoms. The molecule has 0 saturated carbocycles. The number of halogens is 2. The predicted octanol–water partition coefficient (Wildman–Crippen LogP) is 1.25. The molecule has 1 unspecified atom stereocenters. The molecule has 4 nitrogen and oxygen atoms in total. The molecule has 3 N–H and O–H groups in total. The first-order chi connectivity index (χ1) is 8.11. The van der Waals surface area contributed by atoms with Gasteiger partial charge in [0.2, 0.25) is 0 Å². The van der Waals surface area contributed by atoms with Crippen LogP contribution in [0.3, 0.4) is 0 Å². The molecule has 0 aliphatic rings. The lowest BCUT2D eigenvalue weighted by molar-refractivity contribution is 0.541. The first-order valence-corrected chi connectivity index (χ1v) is 5.01. The van der Waals surface area contributed by atoms with Crippen molar-refractivity contribution in [1.82, 2.24) is 15.2 Å². The van der Waals surface area contributed by atoms with Gasteiger partial charge in [0, 0.05) is 30.4 Å². The molecule has 1 aromatic heterocycles. The van der Waals surface area contributed by atoms with Crippen LogP contribution < -0.4 is 11.3 Å². The lowest BCUT2D eigenvalue weighted by Gasteiger charge is -2.15. The van der Waals surface area contributed by atoms with Crippen LogP contribution in [0.15, 0.2) is 30.6 Å². The maximum atomic E-state index is 13.6. The molecule has 0 aliphatic carbocycles. The molecule has 0 fully saturated rings. The zero-order valence-corrected chi connectivity index (χ0v) is 9.19. The van der Waals surface area contributed by atoms with Crippen molar-refractivity contribution in [2.24, 2.45) is 12.9 Å². The van der Waals surface area contributed by atoms with E-state index in [0.29, 0.717) is 5.56 Å². The Hall–Kier alpha value is -1.79. The van der Waals surface area contributed by atoms with Gasteiger partial charge in [0.25, 0.3) is 0 Å². The molecule has 1 heterocycles. The smallest absolute Gasteiger partial charge is 0.131 e. The van der Waals surface area contributed by atoms with Crippen molar-refractivity contribution in [3.05, 3.63) is 53.4 Å². The first kappa shape index (κ1) is 11.7. The van der Waals surface area contributed by atoms with E-state index in [4.69, 9.17) is 5.84 Å². The van der Waals surface area contributed by atoms with Crippen LogP contribution in [-0.4, -0.2) is 9.78 Å². The SMILES string of the molecule is Cn1cc(C(NN)c2ccc(F)cc2F)cn1. The lowest BCUT2D eigenvalue weighted by Crippen LogP contribution is -2.29. The van der Waals surface area contributed by atoms with Crippen LogP contribution in [0.2, 0.25) is 0 Å². The average Bonchev–Trinajstić information content (AvgIpc) is 2.69. The van der Waals surface area contributed by atoms with Crippen molar-refractivity contribution in [3.63, 3.8) is 0 Å². The first-order valence-electron chi connectivity index (χ1n) is 5.01. The minimum absolute atomic E-state index is 0.280. The number of hydrogen-bond acceptors (Lipinski definition) is 3. The van der Waals surface area contributed by atoms with Gasteiger partial charge in [0.05, 0.1) is 12.2 Å². The average molecular weight is 238 g/mol. The topological polar surface area (TPSA) is 55.9 Å². The zero-order valence-electron chi connectivity index (χ0n) is 9.19. The standard InChI is InChI=1S/C11H12F2N4/c1-17-6-7(5-15-17)11(16-14)9-3-2-8(12)4-10(9)13/h2-6,11,16H,14H2,1H3. The van der Waals surface area contributed by atoms with Gasteiger partial charge >= 0.3 is 0 Å². The fourth-order valence-corrected chi connectivity index (χ4v) is 1.69. The van der Waals surface area contributed by atoms with Crippen molar-refractivity contribution in [2.45, 2.75) is 6.04 Å². The second-order valence-corrected chi connectivity index (χ2v) is 3.71. The molecule has 1 atom stereocenters.